The fraction of sp³-hybridized carbons (Fsp3) is 0.167. The molecule has 0 radical (unpaired) electrons. The van der Waals surface area contributed by atoms with E-state index in [1.807, 2.05) is 41.2 Å². The minimum absolute atomic E-state index is 0.104. The number of aromatic nitrogens is 6. The molecule has 3 heterocycles. The van der Waals surface area contributed by atoms with Crippen molar-refractivity contribution in [2.24, 2.45) is 0 Å². The zero-order chi connectivity index (χ0) is 17.8. The summed E-state index contributed by atoms with van der Waals surface area (Å²) in [5, 5.41) is 8.36. The molecule has 3 aromatic heterocycles. The van der Waals surface area contributed by atoms with Gasteiger partial charge in [0, 0.05) is 37.8 Å². The summed E-state index contributed by atoms with van der Waals surface area (Å²) < 4.78 is 8.58. The highest BCUT2D eigenvalue weighted by atomic mass is 16.5. The van der Waals surface area contributed by atoms with E-state index in [9.17, 15) is 4.79 Å². The summed E-state index contributed by atoms with van der Waals surface area (Å²) in [5.74, 6) is 1.08. The van der Waals surface area contributed by atoms with Gasteiger partial charge in [0.25, 0.3) is 5.56 Å². The summed E-state index contributed by atoms with van der Waals surface area (Å²) >= 11 is 0. The Hall–Kier alpha value is -3.55. The summed E-state index contributed by atoms with van der Waals surface area (Å²) in [4.78, 5) is 20.0. The highest BCUT2D eigenvalue weighted by Gasteiger charge is 2.09. The Morgan fingerprint density at radius 1 is 1.12 bits per heavy atom. The fourth-order valence-corrected chi connectivity index (χ4v) is 2.58. The van der Waals surface area contributed by atoms with Gasteiger partial charge in [-0.05, 0) is 17.7 Å². The highest BCUT2D eigenvalue weighted by molar-refractivity contribution is 5.31. The number of rotatable bonds is 6. The molecule has 0 saturated heterocycles. The average molecular weight is 348 g/mol. The molecule has 0 spiro atoms. The molecule has 0 amide bonds. The molecule has 1 aromatic carbocycles. The molecule has 8 nitrogen and oxygen atoms in total. The van der Waals surface area contributed by atoms with Crippen molar-refractivity contribution in [1.29, 1.82) is 0 Å². The zero-order valence-corrected chi connectivity index (χ0v) is 13.9. The van der Waals surface area contributed by atoms with Crippen molar-refractivity contribution in [3.63, 3.8) is 0 Å². The van der Waals surface area contributed by atoms with Crippen molar-refractivity contribution in [2.75, 3.05) is 0 Å². The van der Waals surface area contributed by atoms with Gasteiger partial charge in [-0.25, -0.2) is 9.67 Å². The lowest BCUT2D eigenvalue weighted by Crippen LogP contribution is -2.19. The van der Waals surface area contributed by atoms with E-state index in [2.05, 4.69) is 20.2 Å². The van der Waals surface area contributed by atoms with Crippen LogP contribution in [0.2, 0.25) is 0 Å². The quantitative estimate of drug-likeness (QED) is 0.526. The van der Waals surface area contributed by atoms with E-state index in [0.29, 0.717) is 31.1 Å². The first kappa shape index (κ1) is 15.9. The molecule has 0 N–H and O–H groups in total. The molecule has 0 bridgehead atoms. The molecule has 0 aliphatic rings. The van der Waals surface area contributed by atoms with Crippen LogP contribution in [-0.2, 0) is 19.4 Å². The fourth-order valence-electron chi connectivity index (χ4n) is 2.58. The Morgan fingerprint density at radius 3 is 2.85 bits per heavy atom. The average Bonchev–Trinajstić information content (AvgIpc) is 3.32. The van der Waals surface area contributed by atoms with Gasteiger partial charge in [0.1, 0.15) is 0 Å². The van der Waals surface area contributed by atoms with Crippen molar-refractivity contribution < 1.29 is 4.52 Å². The van der Waals surface area contributed by atoms with Crippen molar-refractivity contribution >= 4 is 0 Å². The van der Waals surface area contributed by atoms with Crippen LogP contribution in [0.15, 0.2) is 70.6 Å². The second-order valence-corrected chi connectivity index (χ2v) is 5.77. The molecule has 0 aliphatic carbocycles. The molecule has 0 fully saturated rings. The van der Waals surface area contributed by atoms with E-state index >= 15 is 0 Å². The number of aryl methyl sites for hydroxylation is 2. The smallest absolute Gasteiger partial charge is 0.253 e. The van der Waals surface area contributed by atoms with E-state index in [4.69, 9.17) is 4.52 Å². The number of benzene rings is 1. The summed E-state index contributed by atoms with van der Waals surface area (Å²) in [6.45, 7) is 0.445. The van der Waals surface area contributed by atoms with Crippen LogP contribution in [0.1, 0.15) is 17.3 Å². The molecule has 4 aromatic rings. The first-order valence-electron chi connectivity index (χ1n) is 8.19. The summed E-state index contributed by atoms with van der Waals surface area (Å²) in [7, 11) is 0. The van der Waals surface area contributed by atoms with Crippen molar-refractivity contribution in [3.05, 3.63) is 88.9 Å². The molecule has 0 aliphatic heterocycles. The Kier molecular flexibility index (Phi) is 4.38. The van der Waals surface area contributed by atoms with Crippen LogP contribution in [0.4, 0.5) is 0 Å². The van der Waals surface area contributed by atoms with Gasteiger partial charge < -0.3 is 4.52 Å². The van der Waals surface area contributed by atoms with Crippen LogP contribution in [0.3, 0.4) is 0 Å². The number of hydrogen-bond donors (Lipinski definition) is 0. The summed E-state index contributed by atoms with van der Waals surface area (Å²) in [5.41, 5.74) is 1.88. The van der Waals surface area contributed by atoms with Gasteiger partial charge in [-0.1, -0.05) is 23.4 Å². The van der Waals surface area contributed by atoms with Gasteiger partial charge >= 0.3 is 0 Å². The molecule has 4 rings (SSSR count). The van der Waals surface area contributed by atoms with E-state index < -0.39 is 0 Å². The first-order chi connectivity index (χ1) is 12.8. The predicted molar refractivity (Wildman–Crippen MR) is 92.9 cm³/mol. The van der Waals surface area contributed by atoms with Crippen LogP contribution < -0.4 is 5.56 Å². The van der Waals surface area contributed by atoms with Crippen LogP contribution in [0, 0.1) is 0 Å². The van der Waals surface area contributed by atoms with Crippen LogP contribution in [0.25, 0.3) is 5.69 Å². The van der Waals surface area contributed by atoms with Crippen LogP contribution in [-0.4, -0.2) is 29.5 Å². The van der Waals surface area contributed by atoms with Crippen molar-refractivity contribution in [2.45, 2.75) is 19.4 Å². The molecule has 0 atom stereocenters. The third-order valence-electron chi connectivity index (χ3n) is 3.89. The largest absolute Gasteiger partial charge is 0.339 e. The predicted octanol–water partition coefficient (Wildman–Crippen LogP) is 1.65. The van der Waals surface area contributed by atoms with Gasteiger partial charge in [0.2, 0.25) is 5.89 Å². The minimum atomic E-state index is -0.104. The lowest BCUT2D eigenvalue weighted by Gasteiger charge is -2.00. The lowest BCUT2D eigenvalue weighted by molar-refractivity contribution is 0.366. The monoisotopic (exact) mass is 348 g/mol. The third kappa shape index (κ3) is 3.59. The van der Waals surface area contributed by atoms with E-state index in [1.54, 1.807) is 6.20 Å². The number of hydrogen-bond acceptors (Lipinski definition) is 6. The standard InChI is InChI=1S/C18H16N6O2/c25-18-6-8-19-13-23(18)9-7-17-21-16(22-26-17)10-14-11-20-24(12-14)15-4-2-1-3-5-15/h1-6,8,11-13H,7,9-10H2. The van der Waals surface area contributed by atoms with E-state index in [0.717, 1.165) is 11.3 Å². The van der Waals surface area contributed by atoms with E-state index in [1.165, 1.54) is 23.2 Å². The van der Waals surface area contributed by atoms with Gasteiger partial charge in [0.15, 0.2) is 5.82 Å². The molecule has 130 valence electrons. The van der Waals surface area contributed by atoms with Crippen molar-refractivity contribution in [3.8, 4) is 5.69 Å². The third-order valence-corrected chi connectivity index (χ3v) is 3.89. The molecule has 8 heteroatoms. The maximum atomic E-state index is 11.7. The maximum absolute atomic E-state index is 11.7. The second-order valence-electron chi connectivity index (χ2n) is 5.77. The van der Waals surface area contributed by atoms with Gasteiger partial charge in [-0.2, -0.15) is 10.1 Å². The Balaban J connectivity index is 1.40. The van der Waals surface area contributed by atoms with Crippen molar-refractivity contribution in [1.82, 2.24) is 29.5 Å². The van der Waals surface area contributed by atoms with Crippen LogP contribution >= 0.6 is 0 Å². The lowest BCUT2D eigenvalue weighted by atomic mass is 10.2. The summed E-state index contributed by atoms with van der Waals surface area (Å²) in [6.07, 6.45) is 7.71. The Labute approximate surface area is 148 Å². The van der Waals surface area contributed by atoms with E-state index in [-0.39, 0.29) is 5.56 Å². The molecule has 0 saturated carbocycles. The molecule has 26 heavy (non-hydrogen) atoms. The molecular weight excluding hydrogens is 332 g/mol. The second kappa shape index (κ2) is 7.14. The molecule has 0 unspecified atom stereocenters. The zero-order valence-electron chi connectivity index (χ0n) is 13.9. The van der Waals surface area contributed by atoms with Gasteiger partial charge in [-0.15, -0.1) is 0 Å². The summed E-state index contributed by atoms with van der Waals surface area (Å²) in [6, 6.07) is 11.3. The normalized spacial score (nSPS) is 10.9. The first-order valence-corrected chi connectivity index (χ1v) is 8.19. The maximum Gasteiger partial charge on any atom is 0.253 e. The Morgan fingerprint density at radius 2 is 2.00 bits per heavy atom. The highest BCUT2D eigenvalue weighted by Crippen LogP contribution is 2.11. The number of nitrogens with zero attached hydrogens (tertiary/aromatic N) is 6. The van der Waals surface area contributed by atoms with Gasteiger partial charge in [0.05, 0.1) is 18.2 Å². The SMILES string of the molecule is O=c1ccncn1CCc1nc(Cc2cnn(-c3ccccc3)c2)no1. The van der Waals surface area contributed by atoms with Gasteiger partial charge in [-0.3, -0.25) is 9.36 Å². The number of para-hydroxylation sites is 1. The molecular formula is C18H16N6O2. The topological polar surface area (TPSA) is 91.6 Å². The minimum Gasteiger partial charge on any atom is -0.339 e. The van der Waals surface area contributed by atoms with Crippen LogP contribution in [0.5, 0.6) is 0 Å². The Bertz CT molecular complexity index is 1050.